The van der Waals surface area contributed by atoms with E-state index in [4.69, 9.17) is 4.74 Å². The molecule has 1 aromatic rings. The van der Waals surface area contributed by atoms with Crippen molar-refractivity contribution in [2.45, 2.75) is 39.7 Å². The van der Waals surface area contributed by atoms with E-state index in [1.807, 2.05) is 14.0 Å². The summed E-state index contributed by atoms with van der Waals surface area (Å²) in [7, 11) is 1.85. The molecule has 0 aromatic heterocycles. The van der Waals surface area contributed by atoms with E-state index < -0.39 is 0 Å². The first kappa shape index (κ1) is 19.4. The van der Waals surface area contributed by atoms with E-state index in [1.54, 1.807) is 4.90 Å². The number of likely N-dealkylation sites (N-methyl/N-ethyl adjacent to an activating group) is 1. The maximum Gasteiger partial charge on any atom is 0.309 e. The van der Waals surface area contributed by atoms with Gasteiger partial charge in [0, 0.05) is 13.6 Å². The molecule has 0 spiro atoms. The SMILES string of the molecule is CCOC(=O)C1CCN(CC(=O)N(C)Cc2ccc(CC)cc2)CC1. The van der Waals surface area contributed by atoms with Crippen LogP contribution in [-0.2, 0) is 27.3 Å². The molecule has 1 fully saturated rings. The van der Waals surface area contributed by atoms with Crippen molar-refractivity contribution in [3.8, 4) is 0 Å². The second-order valence-electron chi connectivity index (χ2n) is 6.72. The summed E-state index contributed by atoms with van der Waals surface area (Å²) in [5.74, 6) is 0.0105. The lowest BCUT2D eigenvalue weighted by Gasteiger charge is -2.31. The summed E-state index contributed by atoms with van der Waals surface area (Å²) < 4.78 is 5.09. The van der Waals surface area contributed by atoms with E-state index in [9.17, 15) is 9.59 Å². The summed E-state index contributed by atoms with van der Waals surface area (Å²) in [5.41, 5.74) is 2.45. The molecule has 2 rings (SSSR count). The number of esters is 1. The highest BCUT2D eigenvalue weighted by Crippen LogP contribution is 2.18. The number of hydrogen-bond acceptors (Lipinski definition) is 4. The van der Waals surface area contributed by atoms with Crippen molar-refractivity contribution in [1.29, 1.82) is 0 Å². The standard InChI is InChI=1S/C20H30N2O3/c1-4-16-6-8-17(9-7-16)14-21(3)19(23)15-22-12-10-18(11-13-22)20(24)25-5-2/h6-9,18H,4-5,10-15H2,1-3H3. The molecule has 0 unspecified atom stereocenters. The quantitative estimate of drug-likeness (QED) is 0.712. The van der Waals surface area contributed by atoms with Crippen molar-refractivity contribution in [2.24, 2.45) is 5.92 Å². The molecular formula is C20H30N2O3. The average molecular weight is 346 g/mol. The van der Waals surface area contributed by atoms with Crippen LogP contribution in [0.4, 0.5) is 0 Å². The molecule has 25 heavy (non-hydrogen) atoms. The zero-order valence-corrected chi connectivity index (χ0v) is 15.7. The second kappa shape index (κ2) is 9.56. The zero-order chi connectivity index (χ0) is 18.2. The van der Waals surface area contributed by atoms with E-state index in [0.29, 0.717) is 19.7 Å². The number of rotatable bonds is 7. The largest absolute Gasteiger partial charge is 0.466 e. The van der Waals surface area contributed by atoms with Crippen LogP contribution in [0.25, 0.3) is 0 Å². The Bertz CT molecular complexity index is 563. The molecule has 138 valence electrons. The summed E-state index contributed by atoms with van der Waals surface area (Å²) >= 11 is 0. The fraction of sp³-hybridized carbons (Fsp3) is 0.600. The predicted molar refractivity (Wildman–Crippen MR) is 98.1 cm³/mol. The lowest BCUT2D eigenvalue weighted by molar-refractivity contribution is -0.149. The lowest BCUT2D eigenvalue weighted by Crippen LogP contribution is -2.43. The van der Waals surface area contributed by atoms with Gasteiger partial charge in [-0.1, -0.05) is 31.2 Å². The van der Waals surface area contributed by atoms with Crippen molar-refractivity contribution >= 4 is 11.9 Å². The molecule has 1 amide bonds. The third-order valence-corrected chi connectivity index (χ3v) is 4.84. The Kier molecular flexibility index (Phi) is 7.44. The number of likely N-dealkylation sites (tertiary alicyclic amines) is 1. The Morgan fingerprint density at radius 2 is 1.72 bits per heavy atom. The normalized spacial score (nSPS) is 15.8. The van der Waals surface area contributed by atoms with Gasteiger partial charge in [0.25, 0.3) is 0 Å². The number of benzene rings is 1. The first-order valence-electron chi connectivity index (χ1n) is 9.24. The van der Waals surface area contributed by atoms with Crippen LogP contribution in [0.15, 0.2) is 24.3 Å². The van der Waals surface area contributed by atoms with Gasteiger partial charge in [-0.15, -0.1) is 0 Å². The molecule has 0 aliphatic carbocycles. The Labute approximate surface area is 150 Å². The number of ether oxygens (including phenoxy) is 1. The Balaban J connectivity index is 1.76. The van der Waals surface area contributed by atoms with E-state index in [0.717, 1.165) is 37.9 Å². The minimum atomic E-state index is -0.0962. The third-order valence-electron chi connectivity index (χ3n) is 4.84. The highest BCUT2D eigenvalue weighted by Gasteiger charge is 2.27. The van der Waals surface area contributed by atoms with Crippen LogP contribution in [0.5, 0.6) is 0 Å². The highest BCUT2D eigenvalue weighted by molar-refractivity contribution is 5.78. The van der Waals surface area contributed by atoms with Crippen molar-refractivity contribution in [3.63, 3.8) is 0 Å². The molecule has 0 radical (unpaired) electrons. The van der Waals surface area contributed by atoms with Crippen molar-refractivity contribution < 1.29 is 14.3 Å². The number of amides is 1. The van der Waals surface area contributed by atoms with E-state index in [-0.39, 0.29) is 17.8 Å². The van der Waals surface area contributed by atoms with Crippen LogP contribution < -0.4 is 0 Å². The van der Waals surface area contributed by atoms with Gasteiger partial charge in [0.2, 0.25) is 5.91 Å². The van der Waals surface area contributed by atoms with Gasteiger partial charge in [-0.2, -0.15) is 0 Å². The van der Waals surface area contributed by atoms with Crippen molar-refractivity contribution in [3.05, 3.63) is 35.4 Å². The van der Waals surface area contributed by atoms with Gasteiger partial charge in [0.05, 0.1) is 19.1 Å². The maximum absolute atomic E-state index is 12.4. The molecule has 0 saturated carbocycles. The number of carbonyl (C=O) groups is 2. The predicted octanol–water partition coefficient (Wildman–Crippen LogP) is 2.48. The van der Waals surface area contributed by atoms with E-state index >= 15 is 0 Å². The molecule has 0 atom stereocenters. The molecule has 5 nitrogen and oxygen atoms in total. The lowest BCUT2D eigenvalue weighted by atomic mass is 9.97. The van der Waals surface area contributed by atoms with Gasteiger partial charge >= 0.3 is 5.97 Å². The molecule has 1 heterocycles. The molecule has 1 saturated heterocycles. The molecule has 5 heteroatoms. The van der Waals surface area contributed by atoms with Crippen LogP contribution in [0.3, 0.4) is 0 Å². The van der Waals surface area contributed by atoms with Gasteiger partial charge in [-0.25, -0.2) is 0 Å². The van der Waals surface area contributed by atoms with E-state index in [2.05, 4.69) is 36.1 Å². The number of nitrogens with zero attached hydrogens (tertiary/aromatic N) is 2. The van der Waals surface area contributed by atoms with Crippen molar-refractivity contribution in [1.82, 2.24) is 9.80 Å². The Morgan fingerprint density at radius 3 is 2.28 bits per heavy atom. The van der Waals surface area contributed by atoms with Gasteiger partial charge < -0.3 is 9.64 Å². The minimum Gasteiger partial charge on any atom is -0.466 e. The molecule has 0 N–H and O–H groups in total. The summed E-state index contributed by atoms with van der Waals surface area (Å²) in [4.78, 5) is 28.1. The van der Waals surface area contributed by atoms with Crippen LogP contribution in [0, 0.1) is 5.92 Å². The fourth-order valence-electron chi connectivity index (χ4n) is 3.14. The molecule has 0 bridgehead atoms. The topological polar surface area (TPSA) is 49.9 Å². The summed E-state index contributed by atoms with van der Waals surface area (Å²) in [5, 5.41) is 0. The smallest absolute Gasteiger partial charge is 0.309 e. The summed E-state index contributed by atoms with van der Waals surface area (Å²) in [6.07, 6.45) is 2.57. The van der Waals surface area contributed by atoms with Crippen LogP contribution in [0.1, 0.15) is 37.8 Å². The van der Waals surface area contributed by atoms with Gasteiger partial charge in [-0.3, -0.25) is 14.5 Å². The minimum absolute atomic E-state index is 0.0129. The molecule has 1 aliphatic heterocycles. The maximum atomic E-state index is 12.4. The number of aryl methyl sites for hydroxylation is 1. The van der Waals surface area contributed by atoms with E-state index in [1.165, 1.54) is 5.56 Å². The fourth-order valence-corrected chi connectivity index (χ4v) is 3.14. The van der Waals surface area contributed by atoms with Crippen molar-refractivity contribution in [2.75, 3.05) is 33.3 Å². The van der Waals surface area contributed by atoms with Gasteiger partial charge in [-0.05, 0) is 50.4 Å². The Morgan fingerprint density at radius 1 is 1.12 bits per heavy atom. The second-order valence-corrected chi connectivity index (χ2v) is 6.72. The Hall–Kier alpha value is -1.88. The van der Waals surface area contributed by atoms with Crippen LogP contribution >= 0.6 is 0 Å². The number of carbonyl (C=O) groups excluding carboxylic acids is 2. The third kappa shape index (κ3) is 5.85. The van der Waals surface area contributed by atoms with Gasteiger partial charge in [0.15, 0.2) is 0 Å². The van der Waals surface area contributed by atoms with Crippen LogP contribution in [-0.4, -0.2) is 55.0 Å². The van der Waals surface area contributed by atoms with Crippen LogP contribution in [0.2, 0.25) is 0 Å². The highest BCUT2D eigenvalue weighted by atomic mass is 16.5. The first-order valence-corrected chi connectivity index (χ1v) is 9.24. The van der Waals surface area contributed by atoms with Gasteiger partial charge in [0.1, 0.15) is 0 Å². The first-order chi connectivity index (χ1) is 12.0. The number of hydrogen-bond donors (Lipinski definition) is 0. The monoisotopic (exact) mass is 346 g/mol. The summed E-state index contributed by atoms with van der Waals surface area (Å²) in [6, 6.07) is 8.42. The zero-order valence-electron chi connectivity index (χ0n) is 15.7. The molecule has 1 aromatic carbocycles. The summed E-state index contributed by atoms with van der Waals surface area (Å²) in [6.45, 7) is 6.98. The number of piperidine rings is 1. The average Bonchev–Trinajstić information content (AvgIpc) is 2.63. The molecular weight excluding hydrogens is 316 g/mol. The molecule has 1 aliphatic rings.